The summed E-state index contributed by atoms with van der Waals surface area (Å²) in [6.45, 7) is 6.67. The zero-order chi connectivity index (χ0) is 59.4. The topological polar surface area (TPSA) is 430 Å². The molecule has 0 saturated carbocycles. The molecule has 16 N–H and O–H groups in total. The summed E-state index contributed by atoms with van der Waals surface area (Å²) in [4.78, 5) is 171. The number of hydrogen-bond donors (Lipinski definition) is 14. The summed E-state index contributed by atoms with van der Waals surface area (Å²) in [5.41, 5.74) is 11.8. The third-order valence-corrected chi connectivity index (χ3v) is 13.8. The van der Waals surface area contributed by atoms with E-state index in [0.29, 0.717) is 29.9 Å². The van der Waals surface area contributed by atoms with Gasteiger partial charge in [0.2, 0.25) is 70.9 Å². The number of carboxylic acids is 1. The lowest BCUT2D eigenvalue weighted by Gasteiger charge is -2.30. The largest absolute Gasteiger partial charge is 0.480 e. The highest BCUT2D eigenvalue weighted by atomic mass is 32.2. The minimum Gasteiger partial charge on any atom is -0.480 e. The van der Waals surface area contributed by atoms with Crippen LogP contribution in [-0.2, 0) is 68.7 Å². The lowest BCUT2D eigenvalue weighted by molar-refractivity contribution is -0.144. The monoisotopic (exact) mass is 1150 g/mol. The number of thioether (sulfide) groups is 2. The van der Waals surface area contributed by atoms with E-state index in [2.05, 4.69) is 58.2 Å². The molecule has 0 saturated heterocycles. The number of carbonyl (C=O) groups excluding carboxylic acids is 12. The van der Waals surface area contributed by atoms with Crippen molar-refractivity contribution in [1.29, 1.82) is 0 Å². The number of aliphatic carboxylic acids is 1. The van der Waals surface area contributed by atoms with Crippen molar-refractivity contribution in [2.24, 2.45) is 23.3 Å². The minimum absolute atomic E-state index is 0.00557. The van der Waals surface area contributed by atoms with E-state index >= 15 is 0 Å². The van der Waals surface area contributed by atoms with E-state index in [1.165, 1.54) is 30.4 Å². The molecule has 0 aliphatic carbocycles. The molecular formula is C50H77N13O14S2. The van der Waals surface area contributed by atoms with E-state index < -0.39 is 157 Å². The maximum Gasteiger partial charge on any atom is 0.326 e. The highest BCUT2D eigenvalue weighted by Crippen LogP contribution is 2.20. The quantitative estimate of drug-likeness (QED) is 0.0327. The van der Waals surface area contributed by atoms with Gasteiger partial charge in [-0.3, -0.25) is 57.5 Å². The Bertz CT molecular complexity index is 2480. The highest BCUT2D eigenvalue weighted by Gasteiger charge is 2.36. The summed E-state index contributed by atoms with van der Waals surface area (Å²) >= 11 is 2.67. The predicted molar refractivity (Wildman–Crippen MR) is 295 cm³/mol. The number of H-pyrrole nitrogens is 1. The van der Waals surface area contributed by atoms with Crippen LogP contribution in [0.3, 0.4) is 0 Å². The van der Waals surface area contributed by atoms with E-state index in [9.17, 15) is 67.4 Å². The van der Waals surface area contributed by atoms with Crippen LogP contribution in [0.15, 0.2) is 30.5 Å². The van der Waals surface area contributed by atoms with Gasteiger partial charge in [0.1, 0.15) is 42.3 Å². The van der Waals surface area contributed by atoms with Gasteiger partial charge in [-0.1, -0.05) is 58.7 Å². The van der Waals surface area contributed by atoms with Gasteiger partial charge in [0.05, 0.1) is 26.1 Å². The SMILES string of the molecule is CC[C@H](C)[C@H](NC(=O)CNC(=O)CNC(C)=O)C(=O)N[C@H](C(=O)N[C@@H](Cc1c[nH]c2ccccc12)C(=O)NCC(=O)N[C@@H](CCSC)C(=O)N[C@@H](CCSC)C(=O)N[C@@H](CCC(N)=O)C(=O)NC(CC(N)=O)C(=O)O)[C@@H](C)CC. The molecule has 1 heterocycles. The molecule has 1 aromatic carbocycles. The minimum atomic E-state index is -1.77. The van der Waals surface area contributed by atoms with Gasteiger partial charge in [-0.2, -0.15) is 23.5 Å². The Morgan fingerprint density at radius 3 is 1.57 bits per heavy atom. The van der Waals surface area contributed by atoms with Crippen LogP contribution < -0.4 is 64.6 Å². The second kappa shape index (κ2) is 35.2. The summed E-state index contributed by atoms with van der Waals surface area (Å²) in [5, 5.41) is 35.3. The van der Waals surface area contributed by atoms with Gasteiger partial charge in [-0.05, 0) is 66.7 Å². The average Bonchev–Trinajstić information content (AvgIpc) is 3.82. The Kier molecular flexibility index (Phi) is 30.1. The molecule has 12 amide bonds. The predicted octanol–water partition coefficient (Wildman–Crippen LogP) is -2.70. The number of amides is 12. The van der Waals surface area contributed by atoms with Crippen LogP contribution in [0.2, 0.25) is 0 Å². The fourth-order valence-corrected chi connectivity index (χ4v) is 8.57. The second-order valence-electron chi connectivity index (χ2n) is 18.7. The van der Waals surface area contributed by atoms with E-state index in [1.54, 1.807) is 58.5 Å². The van der Waals surface area contributed by atoms with Crippen LogP contribution in [0.5, 0.6) is 0 Å². The summed E-state index contributed by atoms with van der Waals surface area (Å²) in [6.07, 6.45) is 4.35. The zero-order valence-electron chi connectivity index (χ0n) is 45.5. The Morgan fingerprint density at radius 2 is 1.04 bits per heavy atom. The molecule has 0 fully saturated rings. The van der Waals surface area contributed by atoms with Crippen LogP contribution in [0.25, 0.3) is 10.9 Å². The molecule has 9 atom stereocenters. The first kappa shape index (κ1) is 67.7. The molecule has 0 spiro atoms. The van der Waals surface area contributed by atoms with Crippen LogP contribution in [0.1, 0.15) is 85.1 Å². The van der Waals surface area contributed by atoms with E-state index in [4.69, 9.17) is 11.5 Å². The Balaban J connectivity index is 2.37. The number of carboxylic acid groups (broad SMARTS) is 1. The van der Waals surface area contributed by atoms with Gasteiger partial charge in [-0.25, -0.2) is 4.79 Å². The summed E-state index contributed by atoms with van der Waals surface area (Å²) < 4.78 is 0. The second-order valence-corrected chi connectivity index (χ2v) is 20.7. The molecule has 2 rings (SSSR count). The Morgan fingerprint density at radius 1 is 0.557 bits per heavy atom. The molecule has 0 bridgehead atoms. The fourth-order valence-electron chi connectivity index (χ4n) is 7.63. The van der Waals surface area contributed by atoms with E-state index in [1.807, 2.05) is 12.1 Å². The molecule has 0 aliphatic heterocycles. The smallest absolute Gasteiger partial charge is 0.326 e. The number of aromatic amines is 1. The van der Waals surface area contributed by atoms with Gasteiger partial charge in [-0.15, -0.1) is 0 Å². The maximum atomic E-state index is 14.4. The number of primary amides is 2. The maximum absolute atomic E-state index is 14.4. The molecule has 1 unspecified atom stereocenters. The molecule has 2 aromatic rings. The van der Waals surface area contributed by atoms with Gasteiger partial charge in [0.25, 0.3) is 0 Å². The molecule has 27 nitrogen and oxygen atoms in total. The van der Waals surface area contributed by atoms with Gasteiger partial charge in [0.15, 0.2) is 0 Å². The summed E-state index contributed by atoms with van der Waals surface area (Å²) in [6, 6.07) is -2.47. The molecule has 0 aliphatic rings. The van der Waals surface area contributed by atoms with Crippen LogP contribution in [0, 0.1) is 11.8 Å². The normalized spacial score (nSPS) is 14.4. The summed E-state index contributed by atoms with van der Waals surface area (Å²) in [7, 11) is 0. The molecule has 79 heavy (non-hydrogen) atoms. The Hall–Kier alpha value is -7.43. The molecule has 438 valence electrons. The molecule has 29 heteroatoms. The molecular weight excluding hydrogens is 1070 g/mol. The van der Waals surface area contributed by atoms with Crippen LogP contribution in [0.4, 0.5) is 0 Å². The van der Waals surface area contributed by atoms with E-state index in [-0.39, 0.29) is 32.2 Å². The number of carbonyl (C=O) groups is 13. The van der Waals surface area contributed by atoms with Crippen molar-refractivity contribution < 1.29 is 67.4 Å². The first-order valence-corrected chi connectivity index (χ1v) is 28.4. The Labute approximate surface area is 466 Å². The van der Waals surface area contributed by atoms with Crippen molar-refractivity contribution in [3.05, 3.63) is 36.0 Å². The number of benzene rings is 1. The van der Waals surface area contributed by atoms with Crippen molar-refractivity contribution in [1.82, 2.24) is 58.2 Å². The highest BCUT2D eigenvalue weighted by molar-refractivity contribution is 7.98. The van der Waals surface area contributed by atoms with Crippen molar-refractivity contribution in [2.45, 2.75) is 128 Å². The van der Waals surface area contributed by atoms with Crippen molar-refractivity contribution in [3.8, 4) is 0 Å². The average molecular weight is 1150 g/mol. The van der Waals surface area contributed by atoms with Crippen molar-refractivity contribution >= 4 is 111 Å². The third-order valence-electron chi connectivity index (χ3n) is 12.5. The molecule has 1 aromatic heterocycles. The van der Waals surface area contributed by atoms with Gasteiger partial charge in [0, 0.05) is 36.9 Å². The number of nitrogens with two attached hydrogens (primary N) is 2. The van der Waals surface area contributed by atoms with Crippen molar-refractivity contribution in [2.75, 3.05) is 43.7 Å². The number of rotatable bonds is 37. The van der Waals surface area contributed by atoms with Crippen molar-refractivity contribution in [3.63, 3.8) is 0 Å². The zero-order valence-corrected chi connectivity index (χ0v) is 47.1. The third kappa shape index (κ3) is 24.4. The fraction of sp³-hybridized carbons (Fsp3) is 0.580. The molecule has 0 radical (unpaired) electrons. The lowest BCUT2D eigenvalue weighted by atomic mass is 9.94. The number of nitrogens with one attached hydrogen (secondary N) is 11. The number of para-hydroxylation sites is 1. The van der Waals surface area contributed by atoms with Gasteiger partial charge >= 0.3 is 5.97 Å². The first-order chi connectivity index (χ1) is 37.3. The first-order valence-electron chi connectivity index (χ1n) is 25.6. The number of aromatic nitrogens is 1. The lowest BCUT2D eigenvalue weighted by Crippen LogP contribution is -2.60. The summed E-state index contributed by atoms with van der Waals surface area (Å²) in [5.74, 6) is -11.5. The van der Waals surface area contributed by atoms with Gasteiger partial charge < -0.3 is 74.7 Å². The number of fused-ring (bicyclic) bond motifs is 1. The van der Waals surface area contributed by atoms with Crippen LogP contribution >= 0.6 is 23.5 Å². The standard InChI is InChI=1S/C50H77N13O14S2/c1-8-26(3)42(62-41(69)24-55-39(67)23-53-28(5)64)49(75)63-43(27(4)9-2)48(74)60-35(20-29-22-54-31-13-11-10-12-30(29)31)44(70)56-25-40(68)57-33(16-18-78-6)46(72)59-34(17-19-79-7)47(73)58-32(14-15-37(51)65)45(71)61-36(50(76)77)21-38(52)66/h10-13,22,26-27,32-36,42-43,54H,8-9,14-21,23-25H2,1-7H3,(H2,51,65)(H2,52,66)(H,53,64)(H,55,67)(H,56,70)(H,57,68)(H,58,73)(H,59,72)(H,60,74)(H,61,71)(H,62,69)(H,63,75)(H,76,77)/t26-,27-,32-,33-,34-,35-,36?,42-,43-/m0/s1. The van der Waals surface area contributed by atoms with E-state index in [0.717, 1.165) is 10.9 Å². The number of hydrogen-bond acceptors (Lipinski definition) is 15. The van der Waals surface area contributed by atoms with Crippen LogP contribution in [-0.4, -0.2) is 173 Å².